The Labute approximate surface area is 132 Å². The zero-order valence-electron chi connectivity index (χ0n) is 12.9. The lowest BCUT2D eigenvalue weighted by Crippen LogP contribution is -2.36. The van der Waals surface area contributed by atoms with Gasteiger partial charge in [-0.25, -0.2) is 0 Å². The van der Waals surface area contributed by atoms with Crippen LogP contribution in [0.4, 0.5) is 13.2 Å². The molecular formula is C16H18F3NO3. The van der Waals surface area contributed by atoms with Gasteiger partial charge in [0.15, 0.2) is 11.5 Å². The predicted octanol–water partition coefficient (Wildman–Crippen LogP) is 3.10. The van der Waals surface area contributed by atoms with Gasteiger partial charge in [0, 0.05) is 6.54 Å². The van der Waals surface area contributed by atoms with E-state index in [0.717, 1.165) is 36.0 Å². The number of benzene rings is 1. The molecule has 1 aliphatic carbocycles. The van der Waals surface area contributed by atoms with Crippen LogP contribution < -0.4 is 14.8 Å². The molecule has 1 amide bonds. The number of amides is 1. The molecule has 1 aliphatic rings. The molecular weight excluding hydrogens is 311 g/mol. The summed E-state index contributed by atoms with van der Waals surface area (Å²) in [4.78, 5) is 10.8. The molecule has 0 spiro atoms. The van der Waals surface area contributed by atoms with Gasteiger partial charge in [-0.3, -0.25) is 4.79 Å². The van der Waals surface area contributed by atoms with Crippen molar-refractivity contribution >= 4 is 11.5 Å². The number of ether oxygens (including phenoxy) is 2. The number of allylic oxidation sites excluding steroid dienone is 1. The number of methoxy groups -OCH3 is 2. The van der Waals surface area contributed by atoms with Gasteiger partial charge in [-0.05, 0) is 48.1 Å². The van der Waals surface area contributed by atoms with E-state index >= 15 is 0 Å². The molecule has 0 unspecified atom stereocenters. The van der Waals surface area contributed by atoms with Gasteiger partial charge in [0.2, 0.25) is 0 Å². The Morgan fingerprint density at radius 1 is 1.22 bits per heavy atom. The van der Waals surface area contributed by atoms with Crippen LogP contribution in [-0.2, 0) is 11.2 Å². The standard InChI is InChI=1S/C16H18F3NO3/c1-22-13-8-11-5-3-4-10(12(11)9-14(13)23-2)6-7-20-15(21)16(17,18)19/h6,8-9H,3-5,7H2,1-2H3,(H,20,21)/b10-6-. The summed E-state index contributed by atoms with van der Waals surface area (Å²) >= 11 is 0. The van der Waals surface area contributed by atoms with Gasteiger partial charge in [0.25, 0.3) is 0 Å². The number of alkyl halides is 3. The minimum atomic E-state index is -4.86. The van der Waals surface area contributed by atoms with Crippen LogP contribution in [0.15, 0.2) is 18.2 Å². The maximum absolute atomic E-state index is 12.2. The summed E-state index contributed by atoms with van der Waals surface area (Å²) in [6, 6.07) is 3.71. The highest BCUT2D eigenvalue weighted by Gasteiger charge is 2.38. The molecule has 126 valence electrons. The van der Waals surface area contributed by atoms with E-state index in [1.54, 1.807) is 13.2 Å². The van der Waals surface area contributed by atoms with Crippen LogP contribution in [0.5, 0.6) is 11.5 Å². The van der Waals surface area contributed by atoms with Gasteiger partial charge >= 0.3 is 12.1 Å². The molecule has 1 aromatic rings. The highest BCUT2D eigenvalue weighted by atomic mass is 19.4. The van der Waals surface area contributed by atoms with Crippen molar-refractivity contribution in [3.05, 3.63) is 29.3 Å². The zero-order chi connectivity index (χ0) is 17.0. The summed E-state index contributed by atoms with van der Waals surface area (Å²) in [6.07, 6.45) is -0.749. The van der Waals surface area contributed by atoms with E-state index in [9.17, 15) is 18.0 Å². The molecule has 23 heavy (non-hydrogen) atoms. The number of aryl methyl sites for hydroxylation is 1. The summed E-state index contributed by atoms with van der Waals surface area (Å²) in [5.41, 5.74) is 2.88. The Hall–Kier alpha value is -2.18. The molecule has 1 aromatic carbocycles. The first-order chi connectivity index (χ1) is 10.9. The molecule has 0 atom stereocenters. The summed E-state index contributed by atoms with van der Waals surface area (Å²) < 4.78 is 47.0. The van der Waals surface area contributed by atoms with Gasteiger partial charge in [-0.1, -0.05) is 6.08 Å². The second kappa shape index (κ2) is 6.93. The largest absolute Gasteiger partial charge is 0.493 e. The van der Waals surface area contributed by atoms with Crippen molar-refractivity contribution in [2.45, 2.75) is 25.4 Å². The van der Waals surface area contributed by atoms with Gasteiger partial charge < -0.3 is 14.8 Å². The predicted molar refractivity (Wildman–Crippen MR) is 79.5 cm³/mol. The minimum absolute atomic E-state index is 0.165. The van der Waals surface area contributed by atoms with Crippen LogP contribution >= 0.6 is 0 Å². The molecule has 0 bridgehead atoms. The summed E-state index contributed by atoms with van der Waals surface area (Å²) in [5.74, 6) is -0.742. The SMILES string of the molecule is COc1cc2c(cc1OC)/C(=C\CNC(=O)C(F)(F)F)CCC2. The lowest BCUT2D eigenvalue weighted by molar-refractivity contribution is -0.173. The molecule has 4 nitrogen and oxygen atoms in total. The van der Waals surface area contributed by atoms with Crippen molar-refractivity contribution in [3.8, 4) is 11.5 Å². The molecule has 1 N–H and O–H groups in total. The molecule has 0 radical (unpaired) electrons. The van der Waals surface area contributed by atoms with E-state index in [1.807, 2.05) is 17.4 Å². The van der Waals surface area contributed by atoms with E-state index in [-0.39, 0.29) is 6.54 Å². The van der Waals surface area contributed by atoms with Crippen molar-refractivity contribution < 1.29 is 27.4 Å². The maximum Gasteiger partial charge on any atom is 0.471 e. The van der Waals surface area contributed by atoms with E-state index in [4.69, 9.17) is 9.47 Å². The Morgan fingerprint density at radius 2 is 1.87 bits per heavy atom. The van der Waals surface area contributed by atoms with Crippen LogP contribution in [0.1, 0.15) is 24.0 Å². The molecule has 7 heteroatoms. The molecule has 0 saturated heterocycles. The van der Waals surface area contributed by atoms with Gasteiger partial charge in [0.05, 0.1) is 14.2 Å². The number of nitrogens with one attached hydrogen (secondary N) is 1. The first-order valence-corrected chi connectivity index (χ1v) is 7.16. The lowest BCUT2D eigenvalue weighted by atomic mass is 9.86. The van der Waals surface area contributed by atoms with Gasteiger partial charge in [-0.2, -0.15) is 13.2 Å². The first-order valence-electron chi connectivity index (χ1n) is 7.16. The average molecular weight is 329 g/mol. The maximum atomic E-state index is 12.2. The third-order valence-electron chi connectivity index (χ3n) is 3.72. The smallest absolute Gasteiger partial charge is 0.471 e. The van der Waals surface area contributed by atoms with E-state index < -0.39 is 12.1 Å². The number of carbonyl (C=O) groups is 1. The second-order valence-corrected chi connectivity index (χ2v) is 5.16. The number of carbonyl (C=O) groups excluding carboxylic acids is 1. The topological polar surface area (TPSA) is 47.6 Å². The van der Waals surface area contributed by atoms with E-state index in [0.29, 0.717) is 11.5 Å². The Morgan fingerprint density at radius 3 is 2.48 bits per heavy atom. The second-order valence-electron chi connectivity index (χ2n) is 5.16. The quantitative estimate of drug-likeness (QED) is 0.923. The number of rotatable bonds is 4. The molecule has 0 fully saturated rings. The average Bonchev–Trinajstić information content (AvgIpc) is 2.52. The van der Waals surface area contributed by atoms with Crippen LogP contribution in [0.3, 0.4) is 0 Å². The van der Waals surface area contributed by atoms with Crippen molar-refractivity contribution in [2.24, 2.45) is 0 Å². The number of hydrogen-bond acceptors (Lipinski definition) is 3. The fourth-order valence-corrected chi connectivity index (χ4v) is 2.61. The summed E-state index contributed by atoms with van der Waals surface area (Å²) in [7, 11) is 3.08. The van der Waals surface area contributed by atoms with E-state index in [1.165, 1.54) is 7.11 Å². The van der Waals surface area contributed by atoms with Crippen molar-refractivity contribution in [1.82, 2.24) is 5.32 Å². The Bertz CT molecular complexity index is 624. The highest BCUT2D eigenvalue weighted by molar-refractivity contribution is 5.82. The van der Waals surface area contributed by atoms with E-state index in [2.05, 4.69) is 0 Å². The Kier molecular flexibility index (Phi) is 5.18. The number of halogens is 3. The van der Waals surface area contributed by atoms with Crippen LogP contribution in [0.2, 0.25) is 0 Å². The Balaban J connectivity index is 2.21. The summed E-state index contributed by atoms with van der Waals surface area (Å²) in [6.45, 7) is -0.165. The number of hydrogen-bond donors (Lipinski definition) is 1. The third kappa shape index (κ3) is 3.97. The van der Waals surface area contributed by atoms with Crippen molar-refractivity contribution in [2.75, 3.05) is 20.8 Å². The lowest BCUT2D eigenvalue weighted by Gasteiger charge is -2.21. The first kappa shape index (κ1) is 17.2. The minimum Gasteiger partial charge on any atom is -0.493 e. The zero-order valence-corrected chi connectivity index (χ0v) is 12.9. The fraction of sp³-hybridized carbons (Fsp3) is 0.438. The van der Waals surface area contributed by atoms with Gasteiger partial charge in [0.1, 0.15) is 0 Å². The molecule has 0 heterocycles. The van der Waals surface area contributed by atoms with Crippen molar-refractivity contribution in [3.63, 3.8) is 0 Å². The molecule has 2 rings (SSSR count). The van der Waals surface area contributed by atoms with Crippen LogP contribution in [0, 0.1) is 0 Å². The highest BCUT2D eigenvalue weighted by Crippen LogP contribution is 2.38. The normalized spacial score (nSPS) is 16.0. The third-order valence-corrected chi connectivity index (χ3v) is 3.72. The molecule has 0 aliphatic heterocycles. The monoisotopic (exact) mass is 329 g/mol. The van der Waals surface area contributed by atoms with Crippen LogP contribution in [0.25, 0.3) is 5.57 Å². The molecule has 0 saturated carbocycles. The molecule has 0 aromatic heterocycles. The van der Waals surface area contributed by atoms with Gasteiger partial charge in [-0.15, -0.1) is 0 Å². The number of fused-ring (bicyclic) bond motifs is 1. The van der Waals surface area contributed by atoms with Crippen molar-refractivity contribution in [1.29, 1.82) is 0 Å². The van der Waals surface area contributed by atoms with Crippen LogP contribution in [-0.4, -0.2) is 32.8 Å². The summed E-state index contributed by atoms with van der Waals surface area (Å²) in [5, 5.41) is 1.86. The fourth-order valence-electron chi connectivity index (χ4n) is 2.61.